The summed E-state index contributed by atoms with van der Waals surface area (Å²) in [5.41, 5.74) is 5.67. The molecule has 4 fully saturated rings. The first-order chi connectivity index (χ1) is 9.58. The lowest BCUT2D eigenvalue weighted by Gasteiger charge is -2.54. The molecule has 112 valence electrons. The molecule has 0 aromatic heterocycles. The Morgan fingerprint density at radius 2 is 1.70 bits per heavy atom. The SMILES string of the molecule is CCCN(CC(N)=S)C(=O)C1C2CC3CC(C2)CC1C3. The number of nitrogens with zero attached hydrogens (tertiary/aromatic N) is 1. The second-order valence-corrected chi connectivity index (χ2v) is 7.71. The second kappa shape index (κ2) is 5.63. The molecular weight excluding hydrogens is 268 g/mol. The van der Waals surface area contributed by atoms with Crippen LogP contribution in [0, 0.1) is 29.6 Å². The smallest absolute Gasteiger partial charge is 0.226 e. The number of nitrogens with two attached hydrogens (primary N) is 1. The van der Waals surface area contributed by atoms with Gasteiger partial charge in [0.1, 0.15) is 0 Å². The fourth-order valence-corrected chi connectivity index (χ4v) is 5.42. The van der Waals surface area contributed by atoms with Gasteiger partial charge in [-0.2, -0.15) is 0 Å². The van der Waals surface area contributed by atoms with Gasteiger partial charge < -0.3 is 10.6 Å². The van der Waals surface area contributed by atoms with Crippen LogP contribution in [0.25, 0.3) is 0 Å². The molecule has 3 nitrogen and oxygen atoms in total. The highest BCUT2D eigenvalue weighted by atomic mass is 32.1. The largest absolute Gasteiger partial charge is 0.392 e. The Morgan fingerprint density at radius 3 is 2.15 bits per heavy atom. The number of carbonyl (C=O) groups is 1. The minimum atomic E-state index is 0.267. The van der Waals surface area contributed by atoms with Crippen LogP contribution in [-0.2, 0) is 4.79 Å². The molecule has 0 spiro atoms. The molecule has 0 saturated heterocycles. The maximum atomic E-state index is 13.0. The third-order valence-electron chi connectivity index (χ3n) is 5.66. The van der Waals surface area contributed by atoms with E-state index >= 15 is 0 Å². The van der Waals surface area contributed by atoms with E-state index in [1.807, 2.05) is 4.90 Å². The number of hydrogen-bond donors (Lipinski definition) is 1. The van der Waals surface area contributed by atoms with Crippen molar-refractivity contribution in [1.82, 2.24) is 4.90 Å². The number of thiocarbonyl (C=S) groups is 1. The Kier molecular flexibility index (Phi) is 4.02. The van der Waals surface area contributed by atoms with Crippen molar-refractivity contribution in [2.75, 3.05) is 13.1 Å². The van der Waals surface area contributed by atoms with Crippen molar-refractivity contribution in [2.24, 2.45) is 35.3 Å². The number of amides is 1. The van der Waals surface area contributed by atoms with Crippen molar-refractivity contribution in [3.05, 3.63) is 0 Å². The van der Waals surface area contributed by atoms with Crippen molar-refractivity contribution in [1.29, 1.82) is 0 Å². The Hall–Kier alpha value is -0.640. The summed E-state index contributed by atoms with van der Waals surface area (Å²) in [6.07, 6.45) is 7.56. The van der Waals surface area contributed by atoms with Gasteiger partial charge in [-0.1, -0.05) is 19.1 Å². The van der Waals surface area contributed by atoms with Crippen molar-refractivity contribution in [3.63, 3.8) is 0 Å². The van der Waals surface area contributed by atoms with Gasteiger partial charge in [0.25, 0.3) is 0 Å². The first-order valence-electron chi connectivity index (χ1n) is 8.15. The van der Waals surface area contributed by atoms with Gasteiger partial charge >= 0.3 is 0 Å². The summed E-state index contributed by atoms with van der Waals surface area (Å²) < 4.78 is 0. The third-order valence-corrected chi connectivity index (χ3v) is 5.79. The van der Waals surface area contributed by atoms with E-state index in [1.54, 1.807) is 0 Å². The van der Waals surface area contributed by atoms with E-state index in [2.05, 4.69) is 6.92 Å². The van der Waals surface area contributed by atoms with Gasteiger partial charge in [-0.3, -0.25) is 4.79 Å². The molecular formula is C16H26N2OS. The van der Waals surface area contributed by atoms with Crippen LogP contribution in [-0.4, -0.2) is 28.9 Å². The maximum absolute atomic E-state index is 13.0. The van der Waals surface area contributed by atoms with Crippen molar-refractivity contribution < 1.29 is 4.79 Å². The molecule has 4 aliphatic rings. The average Bonchev–Trinajstić information content (AvgIpc) is 2.36. The Morgan fingerprint density at radius 1 is 1.15 bits per heavy atom. The van der Waals surface area contributed by atoms with Crippen LogP contribution in [0.5, 0.6) is 0 Å². The van der Waals surface area contributed by atoms with Gasteiger partial charge in [0.15, 0.2) is 0 Å². The predicted molar refractivity (Wildman–Crippen MR) is 84.2 cm³/mol. The van der Waals surface area contributed by atoms with Gasteiger partial charge in [-0.15, -0.1) is 0 Å². The van der Waals surface area contributed by atoms with Gasteiger partial charge in [0.2, 0.25) is 5.91 Å². The molecule has 4 aliphatic carbocycles. The van der Waals surface area contributed by atoms with Crippen LogP contribution >= 0.6 is 12.2 Å². The van der Waals surface area contributed by atoms with Gasteiger partial charge in [-0.25, -0.2) is 0 Å². The monoisotopic (exact) mass is 294 g/mol. The van der Waals surface area contributed by atoms with Crippen LogP contribution < -0.4 is 5.73 Å². The number of rotatable bonds is 5. The Bertz CT molecular complexity index is 381. The molecule has 0 radical (unpaired) electrons. The molecule has 0 aromatic carbocycles. The zero-order valence-corrected chi connectivity index (χ0v) is 13.2. The van der Waals surface area contributed by atoms with Gasteiger partial charge in [0, 0.05) is 12.5 Å². The first-order valence-corrected chi connectivity index (χ1v) is 8.56. The lowest BCUT2D eigenvalue weighted by Crippen LogP contribution is -2.53. The highest BCUT2D eigenvalue weighted by Gasteiger charge is 2.51. The number of hydrogen-bond acceptors (Lipinski definition) is 2. The molecule has 2 N–H and O–H groups in total. The van der Waals surface area contributed by atoms with E-state index in [0.717, 1.165) is 24.8 Å². The normalized spacial score (nSPS) is 38.0. The molecule has 0 aromatic rings. The second-order valence-electron chi connectivity index (χ2n) is 7.18. The summed E-state index contributed by atoms with van der Waals surface area (Å²) in [6, 6.07) is 0. The maximum Gasteiger partial charge on any atom is 0.226 e. The molecule has 4 heteroatoms. The van der Waals surface area contributed by atoms with Crippen LogP contribution in [0.2, 0.25) is 0 Å². The van der Waals surface area contributed by atoms with Crippen LogP contribution in [0.1, 0.15) is 45.4 Å². The minimum Gasteiger partial charge on any atom is -0.392 e. The lowest BCUT2D eigenvalue weighted by atomic mass is 9.51. The summed E-state index contributed by atoms with van der Waals surface area (Å²) in [4.78, 5) is 15.3. The zero-order chi connectivity index (χ0) is 14.3. The quantitative estimate of drug-likeness (QED) is 0.793. The summed E-state index contributed by atoms with van der Waals surface area (Å²) in [5.74, 6) is 3.72. The van der Waals surface area contributed by atoms with E-state index in [-0.39, 0.29) is 5.92 Å². The summed E-state index contributed by atoms with van der Waals surface area (Å²) in [5, 5.41) is 0. The fraction of sp³-hybridized carbons (Fsp3) is 0.875. The van der Waals surface area contributed by atoms with Crippen LogP contribution in [0.15, 0.2) is 0 Å². The van der Waals surface area contributed by atoms with Crippen molar-refractivity contribution in [2.45, 2.75) is 45.4 Å². The van der Waals surface area contributed by atoms with Crippen LogP contribution in [0.3, 0.4) is 0 Å². The van der Waals surface area contributed by atoms with E-state index in [1.165, 1.54) is 32.1 Å². The molecule has 0 unspecified atom stereocenters. The number of carbonyl (C=O) groups excluding carboxylic acids is 1. The molecule has 20 heavy (non-hydrogen) atoms. The third kappa shape index (κ3) is 2.59. The fourth-order valence-electron chi connectivity index (χ4n) is 5.26. The first kappa shape index (κ1) is 14.3. The predicted octanol–water partition coefficient (Wildman–Crippen LogP) is 2.58. The molecule has 0 atom stereocenters. The average molecular weight is 294 g/mol. The van der Waals surface area contributed by atoms with E-state index < -0.39 is 0 Å². The molecule has 4 bridgehead atoms. The van der Waals surface area contributed by atoms with Crippen molar-refractivity contribution >= 4 is 23.1 Å². The lowest BCUT2D eigenvalue weighted by molar-refractivity contribution is -0.148. The van der Waals surface area contributed by atoms with Crippen LogP contribution in [0.4, 0.5) is 0 Å². The molecule has 4 saturated carbocycles. The van der Waals surface area contributed by atoms with Gasteiger partial charge in [0.05, 0.1) is 11.5 Å². The zero-order valence-electron chi connectivity index (χ0n) is 12.4. The van der Waals surface area contributed by atoms with E-state index in [9.17, 15) is 4.79 Å². The standard InChI is InChI=1S/C16H26N2OS/c1-2-3-18(9-14(17)20)16(19)15-12-5-10-4-11(7-12)8-13(15)6-10/h10-13,15H,2-9H2,1H3,(H2,17,20). The summed E-state index contributed by atoms with van der Waals surface area (Å²) in [7, 11) is 0. The Labute approximate surface area is 127 Å². The van der Waals surface area contributed by atoms with E-state index in [0.29, 0.717) is 29.3 Å². The molecule has 0 aliphatic heterocycles. The minimum absolute atomic E-state index is 0.267. The molecule has 4 rings (SSSR count). The highest BCUT2D eigenvalue weighted by molar-refractivity contribution is 7.80. The van der Waals surface area contributed by atoms with Crippen molar-refractivity contribution in [3.8, 4) is 0 Å². The molecule has 0 heterocycles. The highest BCUT2D eigenvalue weighted by Crippen LogP contribution is 2.56. The summed E-state index contributed by atoms with van der Waals surface area (Å²) >= 11 is 5.02. The van der Waals surface area contributed by atoms with E-state index in [4.69, 9.17) is 18.0 Å². The molecule has 1 amide bonds. The Balaban J connectivity index is 1.73. The topological polar surface area (TPSA) is 46.3 Å². The van der Waals surface area contributed by atoms with Gasteiger partial charge in [-0.05, 0) is 62.2 Å². The summed E-state index contributed by atoms with van der Waals surface area (Å²) in [6.45, 7) is 3.36.